The van der Waals surface area contributed by atoms with Crippen molar-refractivity contribution in [1.29, 1.82) is 0 Å². The number of nitrogens with one attached hydrogen (secondary N) is 1. The second kappa shape index (κ2) is 8.61. The number of nitrogens with zero attached hydrogens (tertiary/aromatic N) is 2. The summed E-state index contributed by atoms with van der Waals surface area (Å²) in [5, 5.41) is 3.28. The lowest BCUT2D eigenvalue weighted by Crippen LogP contribution is -2.50. The van der Waals surface area contributed by atoms with E-state index in [0.717, 1.165) is 45.7 Å². The third kappa shape index (κ3) is 4.28. The van der Waals surface area contributed by atoms with Crippen LogP contribution in [0.15, 0.2) is 24.3 Å². The summed E-state index contributed by atoms with van der Waals surface area (Å²) in [5.74, 6) is 0.555. The van der Waals surface area contributed by atoms with Crippen LogP contribution in [0.4, 0.5) is 5.69 Å². The largest absolute Gasteiger partial charge is 0.368 e. The molecule has 1 N–H and O–H groups in total. The van der Waals surface area contributed by atoms with Crippen LogP contribution in [0.1, 0.15) is 12.0 Å². The summed E-state index contributed by atoms with van der Waals surface area (Å²) in [7, 11) is 0. The third-order valence-electron chi connectivity index (χ3n) is 4.37. The zero-order valence-corrected chi connectivity index (χ0v) is 14.6. The van der Waals surface area contributed by atoms with Crippen LogP contribution in [0.25, 0.3) is 0 Å². The molecule has 0 spiro atoms. The van der Waals surface area contributed by atoms with E-state index in [-0.39, 0.29) is 30.7 Å². The number of piperazine rings is 1. The van der Waals surface area contributed by atoms with Crippen molar-refractivity contribution in [2.24, 2.45) is 5.92 Å². The van der Waals surface area contributed by atoms with Gasteiger partial charge in [0.15, 0.2) is 0 Å². The van der Waals surface area contributed by atoms with Crippen LogP contribution in [0.3, 0.4) is 0 Å². The zero-order chi connectivity index (χ0) is 13.9. The van der Waals surface area contributed by atoms with Gasteiger partial charge in [-0.05, 0) is 37.6 Å². The summed E-state index contributed by atoms with van der Waals surface area (Å²) >= 11 is 0. The predicted octanol–water partition coefficient (Wildman–Crippen LogP) is 2.10. The highest BCUT2D eigenvalue weighted by molar-refractivity contribution is 5.85. The van der Waals surface area contributed by atoms with Crippen molar-refractivity contribution in [3.05, 3.63) is 29.8 Å². The number of anilines is 1. The van der Waals surface area contributed by atoms with E-state index in [2.05, 4.69) is 41.4 Å². The van der Waals surface area contributed by atoms with Crippen molar-refractivity contribution in [3.63, 3.8) is 0 Å². The van der Waals surface area contributed by atoms with E-state index in [9.17, 15) is 4.79 Å². The van der Waals surface area contributed by atoms with Gasteiger partial charge in [-0.1, -0.05) is 12.1 Å². The molecule has 2 heterocycles. The molecule has 3 rings (SSSR count). The topological polar surface area (TPSA) is 35.6 Å². The van der Waals surface area contributed by atoms with Crippen LogP contribution in [0.2, 0.25) is 0 Å². The third-order valence-corrected chi connectivity index (χ3v) is 4.37. The Morgan fingerprint density at radius 2 is 1.91 bits per heavy atom. The van der Waals surface area contributed by atoms with Gasteiger partial charge in [0.1, 0.15) is 0 Å². The Morgan fingerprint density at radius 3 is 2.50 bits per heavy atom. The van der Waals surface area contributed by atoms with Crippen molar-refractivity contribution in [1.82, 2.24) is 10.2 Å². The standard InChI is InChI=1S/C16H23N3O.2ClH/c1-13-3-2-4-15(11-13)18-7-9-19(10-8-18)16(20)14-5-6-17-12-14;;/h2-4,11,14,17H,5-10,12H2,1H3;2*1H. The van der Waals surface area contributed by atoms with Gasteiger partial charge in [0.25, 0.3) is 0 Å². The number of aryl methyl sites for hydroxylation is 1. The van der Waals surface area contributed by atoms with Crippen molar-refractivity contribution >= 4 is 36.4 Å². The van der Waals surface area contributed by atoms with Gasteiger partial charge >= 0.3 is 0 Å². The molecule has 2 fully saturated rings. The minimum Gasteiger partial charge on any atom is -0.368 e. The summed E-state index contributed by atoms with van der Waals surface area (Å²) in [6.07, 6.45) is 0.997. The molecular weight excluding hydrogens is 321 g/mol. The molecule has 22 heavy (non-hydrogen) atoms. The van der Waals surface area contributed by atoms with E-state index < -0.39 is 0 Å². The fourth-order valence-electron chi connectivity index (χ4n) is 3.13. The fourth-order valence-corrected chi connectivity index (χ4v) is 3.13. The van der Waals surface area contributed by atoms with Crippen LogP contribution in [0, 0.1) is 12.8 Å². The molecule has 0 radical (unpaired) electrons. The van der Waals surface area contributed by atoms with Crippen molar-refractivity contribution in [2.75, 3.05) is 44.2 Å². The molecular formula is C16H25Cl2N3O. The molecule has 2 saturated heterocycles. The summed E-state index contributed by atoms with van der Waals surface area (Å²) in [4.78, 5) is 16.8. The lowest BCUT2D eigenvalue weighted by atomic mass is 10.1. The number of rotatable bonds is 2. The summed E-state index contributed by atoms with van der Waals surface area (Å²) in [6.45, 7) is 7.55. The van der Waals surface area contributed by atoms with Crippen LogP contribution in [0.5, 0.6) is 0 Å². The van der Waals surface area contributed by atoms with Gasteiger partial charge in [-0.25, -0.2) is 0 Å². The summed E-state index contributed by atoms with van der Waals surface area (Å²) in [6, 6.07) is 8.60. The Labute approximate surface area is 145 Å². The van der Waals surface area contributed by atoms with Gasteiger partial charge in [-0.3, -0.25) is 4.79 Å². The maximum atomic E-state index is 12.4. The second-order valence-electron chi connectivity index (χ2n) is 5.84. The molecule has 2 aliphatic rings. The molecule has 1 aromatic carbocycles. The summed E-state index contributed by atoms with van der Waals surface area (Å²) < 4.78 is 0. The molecule has 4 nitrogen and oxygen atoms in total. The zero-order valence-electron chi connectivity index (χ0n) is 13.0. The Morgan fingerprint density at radius 1 is 1.18 bits per heavy atom. The maximum Gasteiger partial charge on any atom is 0.227 e. The Kier molecular flexibility index (Phi) is 7.46. The fraction of sp³-hybridized carbons (Fsp3) is 0.562. The first-order valence-electron chi connectivity index (χ1n) is 7.55. The molecule has 1 aromatic rings. The molecule has 2 aliphatic heterocycles. The van der Waals surface area contributed by atoms with Gasteiger partial charge in [-0.15, -0.1) is 24.8 Å². The molecule has 1 atom stereocenters. The number of benzene rings is 1. The molecule has 1 unspecified atom stereocenters. The highest BCUT2D eigenvalue weighted by Crippen LogP contribution is 2.19. The first kappa shape index (κ1) is 19.1. The maximum absolute atomic E-state index is 12.4. The Hall–Kier alpha value is -0.970. The molecule has 6 heteroatoms. The minimum atomic E-state index is 0. The first-order valence-corrected chi connectivity index (χ1v) is 7.55. The minimum absolute atomic E-state index is 0. The summed E-state index contributed by atoms with van der Waals surface area (Å²) in [5.41, 5.74) is 2.57. The quantitative estimate of drug-likeness (QED) is 0.891. The van der Waals surface area contributed by atoms with E-state index in [1.54, 1.807) is 0 Å². The van der Waals surface area contributed by atoms with Crippen molar-refractivity contribution < 1.29 is 4.79 Å². The second-order valence-corrected chi connectivity index (χ2v) is 5.84. The van der Waals surface area contributed by atoms with Gasteiger partial charge in [0.2, 0.25) is 5.91 Å². The lowest BCUT2D eigenvalue weighted by Gasteiger charge is -2.37. The van der Waals surface area contributed by atoms with Gasteiger partial charge < -0.3 is 15.1 Å². The number of hydrogen-bond acceptors (Lipinski definition) is 3. The average Bonchev–Trinajstić information content (AvgIpc) is 3.01. The average molecular weight is 346 g/mol. The van der Waals surface area contributed by atoms with E-state index in [1.165, 1.54) is 11.3 Å². The smallest absolute Gasteiger partial charge is 0.227 e. The van der Waals surface area contributed by atoms with Gasteiger partial charge in [0, 0.05) is 38.4 Å². The van der Waals surface area contributed by atoms with Crippen LogP contribution < -0.4 is 10.2 Å². The normalized spacial score (nSPS) is 21.0. The Bertz CT molecular complexity index is 484. The predicted molar refractivity (Wildman–Crippen MR) is 95.4 cm³/mol. The van der Waals surface area contributed by atoms with Crippen molar-refractivity contribution in [2.45, 2.75) is 13.3 Å². The molecule has 1 amide bonds. The number of halogens is 2. The lowest BCUT2D eigenvalue weighted by molar-refractivity contribution is -0.135. The van der Waals surface area contributed by atoms with Gasteiger partial charge in [0.05, 0.1) is 5.92 Å². The number of carbonyl (C=O) groups excluding carboxylic acids is 1. The van der Waals surface area contributed by atoms with Crippen LogP contribution >= 0.6 is 24.8 Å². The Balaban J connectivity index is 0.00000121. The first-order chi connectivity index (χ1) is 9.74. The van der Waals surface area contributed by atoms with Crippen LogP contribution in [-0.2, 0) is 4.79 Å². The molecule has 0 bridgehead atoms. The van der Waals surface area contributed by atoms with E-state index in [0.29, 0.717) is 5.91 Å². The van der Waals surface area contributed by atoms with Crippen molar-refractivity contribution in [3.8, 4) is 0 Å². The highest BCUT2D eigenvalue weighted by atomic mass is 35.5. The molecule has 0 aromatic heterocycles. The molecule has 0 saturated carbocycles. The van der Waals surface area contributed by atoms with Crippen LogP contribution in [-0.4, -0.2) is 50.1 Å². The van der Waals surface area contributed by atoms with E-state index in [1.807, 2.05) is 4.90 Å². The number of carbonyl (C=O) groups is 1. The van der Waals surface area contributed by atoms with E-state index in [4.69, 9.17) is 0 Å². The monoisotopic (exact) mass is 345 g/mol. The number of amides is 1. The highest BCUT2D eigenvalue weighted by Gasteiger charge is 2.29. The molecule has 0 aliphatic carbocycles. The molecule has 124 valence electrons. The number of hydrogen-bond donors (Lipinski definition) is 1. The van der Waals surface area contributed by atoms with Gasteiger partial charge in [-0.2, -0.15) is 0 Å². The SMILES string of the molecule is Cc1cccc(N2CCN(C(=O)C3CCNC3)CC2)c1.Cl.Cl. The van der Waals surface area contributed by atoms with E-state index >= 15 is 0 Å².